The number of ether oxygens (including phenoxy) is 1. The Bertz CT molecular complexity index is 669. The van der Waals surface area contributed by atoms with Crippen molar-refractivity contribution in [3.8, 4) is 5.75 Å². The fourth-order valence-electron chi connectivity index (χ4n) is 1.86. The average Bonchev–Trinajstić information content (AvgIpc) is 2.57. The summed E-state index contributed by atoms with van der Waals surface area (Å²) in [5.74, 6) is 0.584. The standard InChI is InChI=1S/C18H19BrN2O2/c1-2-3-12-23-15-10-8-14(9-11-15)13-20-21-18(22)16-6-4-5-7-17(16)19/h4-11,13H,2-3,12H2,1H3,(H,21,22)/b20-13-. The second kappa shape index (κ2) is 9.10. The van der Waals surface area contributed by atoms with Crippen LogP contribution < -0.4 is 10.2 Å². The van der Waals surface area contributed by atoms with Crippen LogP contribution in [0.15, 0.2) is 58.1 Å². The van der Waals surface area contributed by atoms with E-state index in [9.17, 15) is 4.79 Å². The summed E-state index contributed by atoms with van der Waals surface area (Å²) in [6, 6.07) is 14.8. The first kappa shape index (κ1) is 17.2. The van der Waals surface area contributed by atoms with E-state index in [-0.39, 0.29) is 5.91 Å². The van der Waals surface area contributed by atoms with Gasteiger partial charge in [-0.2, -0.15) is 5.10 Å². The van der Waals surface area contributed by atoms with Gasteiger partial charge in [0.1, 0.15) is 5.75 Å². The van der Waals surface area contributed by atoms with E-state index >= 15 is 0 Å². The lowest BCUT2D eigenvalue weighted by atomic mass is 10.2. The maximum absolute atomic E-state index is 12.0. The highest BCUT2D eigenvalue weighted by Gasteiger charge is 2.07. The molecule has 2 rings (SSSR count). The first-order valence-corrected chi connectivity index (χ1v) is 8.31. The van der Waals surface area contributed by atoms with Gasteiger partial charge in [0, 0.05) is 4.47 Å². The van der Waals surface area contributed by atoms with Crippen LogP contribution in [-0.2, 0) is 0 Å². The van der Waals surface area contributed by atoms with Crippen molar-refractivity contribution in [2.45, 2.75) is 19.8 Å². The van der Waals surface area contributed by atoms with E-state index in [0.717, 1.165) is 35.2 Å². The van der Waals surface area contributed by atoms with Gasteiger partial charge in [-0.25, -0.2) is 5.43 Å². The molecule has 23 heavy (non-hydrogen) atoms. The van der Waals surface area contributed by atoms with Crippen LogP contribution in [0, 0.1) is 0 Å². The monoisotopic (exact) mass is 374 g/mol. The lowest BCUT2D eigenvalue weighted by Gasteiger charge is -2.05. The summed E-state index contributed by atoms with van der Waals surface area (Å²) in [5.41, 5.74) is 3.95. The van der Waals surface area contributed by atoms with Crippen LogP contribution in [0.5, 0.6) is 5.75 Å². The molecule has 0 unspecified atom stereocenters. The van der Waals surface area contributed by atoms with Gasteiger partial charge < -0.3 is 4.74 Å². The summed E-state index contributed by atoms with van der Waals surface area (Å²) in [7, 11) is 0. The molecule has 0 bridgehead atoms. The molecule has 0 aliphatic heterocycles. The highest BCUT2D eigenvalue weighted by Crippen LogP contribution is 2.15. The van der Waals surface area contributed by atoms with Gasteiger partial charge in [-0.3, -0.25) is 4.79 Å². The van der Waals surface area contributed by atoms with Crippen molar-refractivity contribution in [3.05, 3.63) is 64.1 Å². The van der Waals surface area contributed by atoms with Crippen LogP contribution in [0.25, 0.3) is 0 Å². The molecule has 0 heterocycles. The Morgan fingerprint density at radius 1 is 1.22 bits per heavy atom. The molecule has 0 saturated heterocycles. The fraction of sp³-hybridized carbons (Fsp3) is 0.222. The van der Waals surface area contributed by atoms with Gasteiger partial charge in [-0.1, -0.05) is 25.5 Å². The number of nitrogens with zero attached hydrogens (tertiary/aromatic N) is 1. The number of carbonyl (C=O) groups is 1. The van der Waals surface area contributed by atoms with Crippen LogP contribution in [0.4, 0.5) is 0 Å². The second-order valence-electron chi connectivity index (χ2n) is 4.95. The first-order valence-electron chi connectivity index (χ1n) is 7.51. The molecule has 1 N–H and O–H groups in total. The number of benzene rings is 2. The maximum Gasteiger partial charge on any atom is 0.272 e. The maximum atomic E-state index is 12.0. The molecule has 0 radical (unpaired) electrons. The van der Waals surface area contributed by atoms with Crippen LogP contribution in [0.3, 0.4) is 0 Å². The zero-order valence-corrected chi connectivity index (χ0v) is 14.5. The Hall–Kier alpha value is -2.14. The third-order valence-electron chi connectivity index (χ3n) is 3.14. The number of nitrogens with one attached hydrogen (secondary N) is 1. The summed E-state index contributed by atoms with van der Waals surface area (Å²) in [4.78, 5) is 12.0. The molecule has 0 fully saturated rings. The van der Waals surface area contributed by atoms with E-state index < -0.39 is 0 Å². The molecule has 1 amide bonds. The highest BCUT2D eigenvalue weighted by molar-refractivity contribution is 9.10. The summed E-state index contributed by atoms with van der Waals surface area (Å²) >= 11 is 3.34. The first-order chi connectivity index (χ1) is 11.2. The molecule has 0 aliphatic rings. The minimum absolute atomic E-state index is 0.256. The minimum Gasteiger partial charge on any atom is -0.494 e. The Morgan fingerprint density at radius 3 is 2.65 bits per heavy atom. The molecular weight excluding hydrogens is 356 g/mol. The minimum atomic E-state index is -0.256. The van der Waals surface area contributed by atoms with Crippen molar-refractivity contribution in [1.82, 2.24) is 5.43 Å². The number of rotatable bonds is 7. The third-order valence-corrected chi connectivity index (χ3v) is 3.84. The van der Waals surface area contributed by atoms with Gasteiger partial charge in [-0.05, 0) is 64.3 Å². The molecule has 5 heteroatoms. The molecule has 0 spiro atoms. The van der Waals surface area contributed by atoms with E-state index in [2.05, 4.69) is 33.4 Å². The number of hydrogen-bond donors (Lipinski definition) is 1. The highest BCUT2D eigenvalue weighted by atomic mass is 79.9. The number of hydrazone groups is 1. The van der Waals surface area contributed by atoms with Crippen LogP contribution in [-0.4, -0.2) is 18.7 Å². The van der Waals surface area contributed by atoms with Gasteiger partial charge in [0.2, 0.25) is 0 Å². The summed E-state index contributed by atoms with van der Waals surface area (Å²) in [5, 5.41) is 3.98. The second-order valence-corrected chi connectivity index (χ2v) is 5.80. The van der Waals surface area contributed by atoms with E-state index in [1.807, 2.05) is 36.4 Å². The SMILES string of the molecule is CCCCOc1ccc(/C=N\NC(=O)c2ccccc2Br)cc1. The molecular formula is C18H19BrN2O2. The lowest BCUT2D eigenvalue weighted by molar-refractivity contribution is 0.0954. The molecule has 120 valence electrons. The van der Waals surface area contributed by atoms with E-state index in [0.29, 0.717) is 5.56 Å². The van der Waals surface area contributed by atoms with Crippen molar-refractivity contribution in [1.29, 1.82) is 0 Å². The molecule has 2 aromatic carbocycles. The Kier molecular flexibility index (Phi) is 6.81. The summed E-state index contributed by atoms with van der Waals surface area (Å²) in [6.45, 7) is 2.86. The van der Waals surface area contributed by atoms with Crippen molar-refractivity contribution in [2.75, 3.05) is 6.61 Å². The number of unbranched alkanes of at least 4 members (excludes halogenated alkanes) is 1. The smallest absolute Gasteiger partial charge is 0.272 e. The predicted octanol–water partition coefficient (Wildman–Crippen LogP) is 4.39. The average molecular weight is 375 g/mol. The van der Waals surface area contributed by atoms with Crippen LogP contribution in [0.2, 0.25) is 0 Å². The summed E-state index contributed by atoms with van der Waals surface area (Å²) in [6.07, 6.45) is 3.76. The Morgan fingerprint density at radius 2 is 1.96 bits per heavy atom. The van der Waals surface area contributed by atoms with E-state index in [4.69, 9.17) is 4.74 Å². The van der Waals surface area contributed by atoms with Gasteiger partial charge in [0.15, 0.2) is 0 Å². The molecule has 0 aliphatic carbocycles. The third kappa shape index (κ3) is 5.53. The van der Waals surface area contributed by atoms with Crippen LogP contribution in [0.1, 0.15) is 35.7 Å². The topological polar surface area (TPSA) is 50.7 Å². The Balaban J connectivity index is 1.88. The van der Waals surface area contributed by atoms with E-state index in [1.165, 1.54) is 0 Å². The molecule has 4 nitrogen and oxygen atoms in total. The van der Waals surface area contributed by atoms with Crippen LogP contribution >= 0.6 is 15.9 Å². The quantitative estimate of drug-likeness (QED) is 0.443. The molecule has 2 aromatic rings. The molecule has 0 atom stereocenters. The fourth-order valence-corrected chi connectivity index (χ4v) is 2.32. The number of carbonyl (C=O) groups excluding carboxylic acids is 1. The molecule has 0 saturated carbocycles. The van der Waals surface area contributed by atoms with Gasteiger partial charge in [0.05, 0.1) is 18.4 Å². The van der Waals surface area contributed by atoms with Gasteiger partial charge >= 0.3 is 0 Å². The predicted molar refractivity (Wildman–Crippen MR) is 96.0 cm³/mol. The number of halogens is 1. The van der Waals surface area contributed by atoms with Crippen molar-refractivity contribution >= 4 is 28.1 Å². The number of amides is 1. The lowest BCUT2D eigenvalue weighted by Crippen LogP contribution is -2.18. The zero-order valence-electron chi connectivity index (χ0n) is 13.0. The van der Waals surface area contributed by atoms with E-state index in [1.54, 1.807) is 18.3 Å². The number of hydrogen-bond acceptors (Lipinski definition) is 3. The molecule has 0 aromatic heterocycles. The Labute approximate surface area is 144 Å². The van der Waals surface area contributed by atoms with Crippen molar-refractivity contribution in [3.63, 3.8) is 0 Å². The largest absolute Gasteiger partial charge is 0.494 e. The summed E-state index contributed by atoms with van der Waals surface area (Å²) < 4.78 is 6.33. The zero-order chi connectivity index (χ0) is 16.5. The van der Waals surface area contributed by atoms with Crippen molar-refractivity contribution in [2.24, 2.45) is 5.10 Å². The van der Waals surface area contributed by atoms with Crippen molar-refractivity contribution < 1.29 is 9.53 Å². The normalized spacial score (nSPS) is 10.7. The van der Waals surface area contributed by atoms with Gasteiger partial charge in [0.25, 0.3) is 5.91 Å². The van der Waals surface area contributed by atoms with Gasteiger partial charge in [-0.15, -0.1) is 0 Å².